The van der Waals surface area contributed by atoms with Crippen LogP contribution in [0.5, 0.6) is 0 Å². The molecule has 218 valence electrons. The fraction of sp³-hybridized carbons (Fsp3) is 0. The van der Waals surface area contributed by atoms with E-state index in [4.69, 9.17) is 4.42 Å². The zero-order valence-electron chi connectivity index (χ0n) is 25.6. The lowest BCUT2D eigenvalue weighted by molar-refractivity contribution is 0.669. The molecule has 0 amide bonds. The van der Waals surface area contributed by atoms with Gasteiger partial charge in [-0.05, 0) is 94.7 Å². The molecule has 0 saturated heterocycles. The normalized spacial score (nSPS) is 11.8. The molecule has 0 aliphatic heterocycles. The van der Waals surface area contributed by atoms with Crippen molar-refractivity contribution < 1.29 is 4.42 Å². The minimum absolute atomic E-state index is 0.927. The third-order valence-electron chi connectivity index (χ3n) is 9.86. The summed E-state index contributed by atoms with van der Waals surface area (Å²) in [6, 6.07) is 61.6. The Morgan fingerprint density at radius 2 is 0.851 bits per heavy atom. The Hall–Kier alpha value is -6.18. The molecule has 0 saturated carbocycles. The SMILES string of the molecule is c1ccc(-c2ccc(-c3c4ccccc4c(-c4ccc5c(ccc6oc7ccccc7c65)c4)c4ccccc34)c3ccccc23)cc1. The molecule has 1 heterocycles. The molecule has 10 rings (SSSR count). The van der Waals surface area contributed by atoms with Gasteiger partial charge in [0.25, 0.3) is 0 Å². The van der Waals surface area contributed by atoms with Crippen molar-refractivity contribution >= 4 is 65.0 Å². The Kier molecular flexibility index (Phi) is 5.64. The van der Waals surface area contributed by atoms with Crippen molar-refractivity contribution in [3.05, 3.63) is 170 Å². The zero-order valence-corrected chi connectivity index (χ0v) is 25.6. The predicted molar refractivity (Wildman–Crippen MR) is 200 cm³/mol. The molecule has 9 aromatic carbocycles. The Morgan fingerprint density at radius 1 is 0.298 bits per heavy atom. The molecule has 0 aliphatic rings. The molecule has 1 nitrogen and oxygen atoms in total. The lowest BCUT2D eigenvalue weighted by Gasteiger charge is -2.20. The van der Waals surface area contributed by atoms with Gasteiger partial charge in [0.15, 0.2) is 0 Å². The van der Waals surface area contributed by atoms with Crippen molar-refractivity contribution in [2.75, 3.05) is 0 Å². The zero-order chi connectivity index (χ0) is 30.9. The highest BCUT2D eigenvalue weighted by Crippen LogP contribution is 2.47. The number of furan rings is 1. The Labute approximate surface area is 271 Å². The van der Waals surface area contributed by atoms with Crippen LogP contribution in [0, 0.1) is 0 Å². The third kappa shape index (κ3) is 3.90. The molecule has 0 radical (unpaired) electrons. The highest BCUT2D eigenvalue weighted by atomic mass is 16.3. The van der Waals surface area contributed by atoms with E-state index in [-0.39, 0.29) is 0 Å². The van der Waals surface area contributed by atoms with E-state index in [1.165, 1.54) is 81.9 Å². The summed E-state index contributed by atoms with van der Waals surface area (Å²) in [6.45, 7) is 0. The smallest absolute Gasteiger partial charge is 0.136 e. The quantitative estimate of drug-likeness (QED) is 0.185. The minimum atomic E-state index is 0.927. The molecule has 0 N–H and O–H groups in total. The van der Waals surface area contributed by atoms with Gasteiger partial charge in [-0.15, -0.1) is 0 Å². The minimum Gasteiger partial charge on any atom is -0.456 e. The summed E-state index contributed by atoms with van der Waals surface area (Å²) in [5.41, 5.74) is 9.36. The highest BCUT2D eigenvalue weighted by molar-refractivity contribution is 6.25. The average molecular weight is 597 g/mol. The first-order valence-corrected chi connectivity index (χ1v) is 16.2. The van der Waals surface area contributed by atoms with Gasteiger partial charge in [0.2, 0.25) is 0 Å². The second kappa shape index (κ2) is 10.2. The van der Waals surface area contributed by atoms with Crippen LogP contribution in [-0.2, 0) is 0 Å². The first-order chi connectivity index (χ1) is 23.3. The summed E-state index contributed by atoms with van der Waals surface area (Å²) < 4.78 is 6.21. The molecule has 10 aromatic rings. The largest absolute Gasteiger partial charge is 0.456 e. The van der Waals surface area contributed by atoms with E-state index in [0.29, 0.717) is 0 Å². The van der Waals surface area contributed by atoms with Crippen LogP contribution in [0.1, 0.15) is 0 Å². The predicted octanol–water partition coefficient (Wildman–Crippen LogP) is 13.2. The summed E-state index contributed by atoms with van der Waals surface area (Å²) >= 11 is 0. The highest BCUT2D eigenvalue weighted by Gasteiger charge is 2.19. The van der Waals surface area contributed by atoms with E-state index in [1.807, 2.05) is 12.1 Å². The maximum Gasteiger partial charge on any atom is 0.136 e. The summed E-state index contributed by atoms with van der Waals surface area (Å²) in [4.78, 5) is 0. The van der Waals surface area contributed by atoms with Crippen LogP contribution in [-0.4, -0.2) is 0 Å². The fourth-order valence-electron chi connectivity index (χ4n) is 7.82. The van der Waals surface area contributed by atoms with Gasteiger partial charge in [-0.2, -0.15) is 0 Å². The van der Waals surface area contributed by atoms with Crippen LogP contribution in [0.2, 0.25) is 0 Å². The molecule has 1 aromatic heterocycles. The van der Waals surface area contributed by atoms with Crippen LogP contribution in [0.3, 0.4) is 0 Å². The van der Waals surface area contributed by atoms with Crippen molar-refractivity contribution in [3.8, 4) is 33.4 Å². The Bertz CT molecular complexity index is 2780. The van der Waals surface area contributed by atoms with E-state index in [0.717, 1.165) is 16.6 Å². The second-order valence-corrected chi connectivity index (χ2v) is 12.4. The van der Waals surface area contributed by atoms with Gasteiger partial charge in [-0.1, -0.05) is 152 Å². The van der Waals surface area contributed by atoms with Gasteiger partial charge < -0.3 is 4.42 Å². The number of para-hydroxylation sites is 1. The van der Waals surface area contributed by atoms with Gasteiger partial charge in [0, 0.05) is 10.8 Å². The first kappa shape index (κ1) is 26.1. The first-order valence-electron chi connectivity index (χ1n) is 16.2. The van der Waals surface area contributed by atoms with Gasteiger partial charge in [0.05, 0.1) is 0 Å². The van der Waals surface area contributed by atoms with Crippen LogP contribution in [0.15, 0.2) is 174 Å². The average Bonchev–Trinajstić information content (AvgIpc) is 3.53. The topological polar surface area (TPSA) is 13.1 Å². The number of rotatable bonds is 3. The van der Waals surface area contributed by atoms with Crippen molar-refractivity contribution in [3.63, 3.8) is 0 Å². The summed E-state index contributed by atoms with van der Waals surface area (Å²) in [6.07, 6.45) is 0. The molecular weight excluding hydrogens is 569 g/mol. The lowest BCUT2D eigenvalue weighted by Crippen LogP contribution is -1.92. The van der Waals surface area contributed by atoms with E-state index in [1.54, 1.807) is 0 Å². The summed E-state index contributed by atoms with van der Waals surface area (Å²) in [7, 11) is 0. The number of benzene rings is 9. The van der Waals surface area contributed by atoms with Crippen LogP contribution in [0.25, 0.3) is 98.4 Å². The van der Waals surface area contributed by atoms with Gasteiger partial charge in [-0.25, -0.2) is 0 Å². The van der Waals surface area contributed by atoms with Crippen molar-refractivity contribution in [1.29, 1.82) is 0 Å². The maximum absolute atomic E-state index is 6.21. The number of fused-ring (bicyclic) bond motifs is 8. The van der Waals surface area contributed by atoms with Gasteiger partial charge >= 0.3 is 0 Å². The maximum atomic E-state index is 6.21. The number of hydrogen-bond acceptors (Lipinski definition) is 1. The number of hydrogen-bond donors (Lipinski definition) is 0. The molecule has 0 aliphatic carbocycles. The van der Waals surface area contributed by atoms with Crippen LogP contribution >= 0.6 is 0 Å². The van der Waals surface area contributed by atoms with Gasteiger partial charge in [-0.3, -0.25) is 0 Å². The molecule has 0 fully saturated rings. The molecule has 0 atom stereocenters. The summed E-state index contributed by atoms with van der Waals surface area (Å²) in [5.74, 6) is 0. The van der Waals surface area contributed by atoms with Crippen molar-refractivity contribution in [1.82, 2.24) is 0 Å². The van der Waals surface area contributed by atoms with E-state index < -0.39 is 0 Å². The molecule has 0 bridgehead atoms. The summed E-state index contributed by atoms with van der Waals surface area (Å²) in [5, 5.41) is 12.3. The molecule has 1 heteroatoms. The Morgan fingerprint density at radius 3 is 1.55 bits per heavy atom. The van der Waals surface area contributed by atoms with E-state index in [9.17, 15) is 0 Å². The Balaban J connectivity index is 1.26. The van der Waals surface area contributed by atoms with Gasteiger partial charge in [0.1, 0.15) is 11.2 Å². The lowest BCUT2D eigenvalue weighted by atomic mass is 9.83. The van der Waals surface area contributed by atoms with Crippen LogP contribution < -0.4 is 0 Å². The van der Waals surface area contributed by atoms with E-state index >= 15 is 0 Å². The van der Waals surface area contributed by atoms with Crippen molar-refractivity contribution in [2.45, 2.75) is 0 Å². The van der Waals surface area contributed by atoms with Crippen molar-refractivity contribution in [2.24, 2.45) is 0 Å². The second-order valence-electron chi connectivity index (χ2n) is 12.4. The monoisotopic (exact) mass is 596 g/mol. The van der Waals surface area contributed by atoms with E-state index in [2.05, 4.69) is 158 Å². The molecule has 0 unspecified atom stereocenters. The molecular formula is C46H28O. The molecule has 47 heavy (non-hydrogen) atoms. The molecule has 0 spiro atoms. The third-order valence-corrected chi connectivity index (χ3v) is 9.86. The van der Waals surface area contributed by atoms with Crippen LogP contribution in [0.4, 0.5) is 0 Å². The fourth-order valence-corrected chi connectivity index (χ4v) is 7.82. The standard InChI is InChI=1S/C46H28O/c1-2-12-29(13-3-1)32-25-26-40(35-15-5-4-14-34(32)35)45-38-18-8-6-16-36(38)44(37-17-7-9-19-39(37)45)31-22-24-33-30(28-31)23-27-43-46(33)41-20-10-11-21-42(41)47-43/h1-28H.